The van der Waals surface area contributed by atoms with Crippen molar-refractivity contribution in [3.8, 4) is 0 Å². The molecule has 22 heavy (non-hydrogen) atoms. The summed E-state index contributed by atoms with van der Waals surface area (Å²) >= 11 is 1.47. The highest BCUT2D eigenvalue weighted by molar-refractivity contribution is 7.08. The van der Waals surface area contributed by atoms with Gasteiger partial charge in [-0.05, 0) is 53.9 Å². The largest absolute Gasteiger partial charge is 0.273 e. The van der Waals surface area contributed by atoms with Gasteiger partial charge in [-0.1, -0.05) is 6.07 Å². The lowest BCUT2D eigenvalue weighted by Crippen LogP contribution is -2.60. The predicted octanol–water partition coefficient (Wildman–Crippen LogP) is 2.92. The number of benzene rings is 1. The molecule has 4 nitrogen and oxygen atoms in total. The van der Waals surface area contributed by atoms with Crippen molar-refractivity contribution in [2.24, 2.45) is 0 Å². The zero-order chi connectivity index (χ0) is 15.9. The number of rotatable bonds is 2. The quantitative estimate of drug-likeness (QED) is 0.925. The lowest BCUT2D eigenvalue weighted by Gasteiger charge is -2.38. The molecule has 0 saturated carbocycles. The molecule has 1 N–H and O–H groups in total. The van der Waals surface area contributed by atoms with Crippen LogP contribution in [0.5, 0.6) is 0 Å². The second kappa shape index (κ2) is 5.21. The summed E-state index contributed by atoms with van der Waals surface area (Å²) < 4.78 is 13.8. The highest BCUT2D eigenvalue weighted by Gasteiger charge is 2.45. The molecule has 1 aromatic heterocycles. The van der Waals surface area contributed by atoms with Crippen LogP contribution in [-0.2, 0) is 15.0 Å². The third-order valence-electron chi connectivity index (χ3n) is 4.00. The second-order valence-electron chi connectivity index (χ2n) is 5.63. The van der Waals surface area contributed by atoms with Crippen LogP contribution < -0.4 is 10.4 Å². The van der Waals surface area contributed by atoms with Gasteiger partial charge in [0.1, 0.15) is 5.82 Å². The molecule has 3 rings (SSSR count). The standard InChI is InChI=1S/C16H15FN2O2S/c1-10-3-4-12(7-13(10)17)19-15(21)16(2,8-14(20)18-19)11-5-6-22-9-11/h3-7,9H,8H2,1-2H3,(H,18,20). The van der Waals surface area contributed by atoms with E-state index in [4.69, 9.17) is 0 Å². The van der Waals surface area contributed by atoms with E-state index in [9.17, 15) is 14.0 Å². The van der Waals surface area contributed by atoms with E-state index < -0.39 is 11.2 Å². The first-order valence-corrected chi connectivity index (χ1v) is 7.79. The Bertz CT molecular complexity index is 745. The number of carbonyl (C=O) groups is 2. The van der Waals surface area contributed by atoms with Gasteiger partial charge in [-0.25, -0.2) is 9.40 Å². The van der Waals surface area contributed by atoms with Gasteiger partial charge in [-0.15, -0.1) is 0 Å². The number of amides is 2. The summed E-state index contributed by atoms with van der Waals surface area (Å²) in [5.41, 5.74) is 3.20. The highest BCUT2D eigenvalue weighted by atomic mass is 32.1. The van der Waals surface area contributed by atoms with E-state index >= 15 is 0 Å². The van der Waals surface area contributed by atoms with Crippen LogP contribution in [0.1, 0.15) is 24.5 Å². The smallest absolute Gasteiger partial charge is 0.256 e. The monoisotopic (exact) mass is 318 g/mol. The van der Waals surface area contributed by atoms with E-state index in [1.165, 1.54) is 17.4 Å². The first-order chi connectivity index (χ1) is 10.4. The van der Waals surface area contributed by atoms with Gasteiger partial charge < -0.3 is 0 Å². The highest BCUT2D eigenvalue weighted by Crippen LogP contribution is 2.35. The van der Waals surface area contributed by atoms with Gasteiger partial charge in [0.2, 0.25) is 5.91 Å². The van der Waals surface area contributed by atoms with Gasteiger partial charge in [0, 0.05) is 6.42 Å². The summed E-state index contributed by atoms with van der Waals surface area (Å²) in [7, 11) is 0. The molecule has 1 saturated heterocycles. The van der Waals surface area contributed by atoms with Crippen LogP contribution >= 0.6 is 11.3 Å². The van der Waals surface area contributed by atoms with Crippen molar-refractivity contribution in [1.29, 1.82) is 0 Å². The molecule has 2 aromatic rings. The Hall–Kier alpha value is -2.21. The van der Waals surface area contributed by atoms with E-state index in [-0.39, 0.29) is 18.2 Å². The minimum absolute atomic E-state index is 0.0768. The number of nitrogens with zero attached hydrogens (tertiary/aromatic N) is 1. The van der Waals surface area contributed by atoms with Crippen molar-refractivity contribution >= 4 is 28.8 Å². The van der Waals surface area contributed by atoms with Gasteiger partial charge in [0.15, 0.2) is 0 Å². The fourth-order valence-corrected chi connectivity index (χ4v) is 3.35. The predicted molar refractivity (Wildman–Crippen MR) is 83.1 cm³/mol. The van der Waals surface area contributed by atoms with E-state index in [0.29, 0.717) is 11.3 Å². The Morgan fingerprint density at radius 1 is 1.32 bits per heavy atom. The molecule has 1 fully saturated rings. The number of anilines is 1. The molecule has 0 radical (unpaired) electrons. The van der Waals surface area contributed by atoms with Crippen molar-refractivity contribution in [1.82, 2.24) is 5.43 Å². The molecule has 0 bridgehead atoms. The van der Waals surface area contributed by atoms with Crippen LogP contribution in [0.15, 0.2) is 35.0 Å². The normalized spacial score (nSPS) is 21.9. The summed E-state index contributed by atoms with van der Waals surface area (Å²) in [6, 6.07) is 6.30. The summed E-state index contributed by atoms with van der Waals surface area (Å²) in [6.07, 6.45) is 0.0768. The third kappa shape index (κ3) is 2.29. The van der Waals surface area contributed by atoms with Crippen molar-refractivity contribution in [3.63, 3.8) is 0 Å². The van der Waals surface area contributed by atoms with E-state index in [1.807, 2.05) is 16.8 Å². The lowest BCUT2D eigenvalue weighted by atomic mass is 9.78. The van der Waals surface area contributed by atoms with Crippen LogP contribution in [0.4, 0.5) is 10.1 Å². The molecule has 2 amide bonds. The maximum Gasteiger partial charge on any atom is 0.256 e. The number of hydrazine groups is 1. The summed E-state index contributed by atoms with van der Waals surface area (Å²) in [5.74, 6) is -0.953. The Labute approximate surface area is 131 Å². The van der Waals surface area contributed by atoms with E-state index in [2.05, 4.69) is 5.43 Å². The molecule has 1 aliphatic heterocycles. The molecule has 2 heterocycles. The molecule has 0 spiro atoms. The molecule has 1 unspecified atom stereocenters. The van der Waals surface area contributed by atoms with Crippen LogP contribution in [-0.4, -0.2) is 11.8 Å². The lowest BCUT2D eigenvalue weighted by molar-refractivity contribution is -0.136. The average molecular weight is 318 g/mol. The maximum absolute atomic E-state index is 13.8. The minimum Gasteiger partial charge on any atom is -0.273 e. The zero-order valence-corrected chi connectivity index (χ0v) is 13.0. The molecule has 1 aliphatic rings. The molecule has 0 aliphatic carbocycles. The Morgan fingerprint density at radius 3 is 2.73 bits per heavy atom. The third-order valence-corrected chi connectivity index (χ3v) is 4.68. The maximum atomic E-state index is 13.8. The van der Waals surface area contributed by atoms with Gasteiger partial charge >= 0.3 is 0 Å². The van der Waals surface area contributed by atoms with E-state index in [0.717, 1.165) is 10.6 Å². The number of hydrogen-bond donors (Lipinski definition) is 1. The molecular formula is C16H15FN2O2S. The Kier molecular flexibility index (Phi) is 3.48. The molecule has 114 valence electrons. The van der Waals surface area contributed by atoms with Crippen molar-refractivity contribution < 1.29 is 14.0 Å². The Morgan fingerprint density at radius 2 is 2.09 bits per heavy atom. The molecule has 1 atom stereocenters. The zero-order valence-electron chi connectivity index (χ0n) is 12.2. The summed E-state index contributed by atoms with van der Waals surface area (Å²) in [5, 5.41) is 4.88. The number of halogens is 1. The first kappa shape index (κ1) is 14.7. The van der Waals surface area contributed by atoms with Crippen molar-refractivity contribution in [2.45, 2.75) is 25.7 Å². The van der Waals surface area contributed by atoms with Crippen LogP contribution in [0.2, 0.25) is 0 Å². The summed E-state index contributed by atoms with van der Waals surface area (Å²) in [4.78, 5) is 24.9. The van der Waals surface area contributed by atoms with Gasteiger partial charge in [-0.2, -0.15) is 11.3 Å². The minimum atomic E-state index is -0.941. The van der Waals surface area contributed by atoms with Crippen LogP contribution in [0.3, 0.4) is 0 Å². The Balaban J connectivity index is 2.03. The topological polar surface area (TPSA) is 49.4 Å². The fourth-order valence-electron chi connectivity index (χ4n) is 2.57. The summed E-state index contributed by atoms with van der Waals surface area (Å²) in [6.45, 7) is 3.39. The van der Waals surface area contributed by atoms with E-state index in [1.54, 1.807) is 26.0 Å². The average Bonchev–Trinajstić information content (AvgIpc) is 3.01. The molecule has 6 heteroatoms. The van der Waals surface area contributed by atoms with Gasteiger partial charge in [0.25, 0.3) is 5.91 Å². The number of nitrogens with one attached hydrogen (secondary N) is 1. The number of thiophene rings is 1. The first-order valence-electron chi connectivity index (χ1n) is 6.85. The molecular weight excluding hydrogens is 303 g/mol. The number of carbonyl (C=O) groups excluding carboxylic acids is 2. The van der Waals surface area contributed by atoms with Crippen LogP contribution in [0, 0.1) is 12.7 Å². The fraction of sp³-hybridized carbons (Fsp3) is 0.250. The second-order valence-corrected chi connectivity index (χ2v) is 6.41. The van der Waals surface area contributed by atoms with Crippen molar-refractivity contribution in [2.75, 3.05) is 5.01 Å². The van der Waals surface area contributed by atoms with Gasteiger partial charge in [0.05, 0.1) is 11.1 Å². The SMILES string of the molecule is Cc1ccc(N2NC(=O)CC(C)(c3ccsc3)C2=O)cc1F. The number of aryl methyl sites for hydroxylation is 1. The van der Waals surface area contributed by atoms with Gasteiger partial charge in [-0.3, -0.25) is 15.0 Å². The van der Waals surface area contributed by atoms with Crippen LogP contribution in [0.25, 0.3) is 0 Å². The number of hydrogen-bond acceptors (Lipinski definition) is 3. The van der Waals surface area contributed by atoms with Crippen molar-refractivity contribution in [3.05, 3.63) is 52.0 Å². The molecule has 1 aromatic carbocycles.